The Bertz CT molecular complexity index is 616. The van der Waals surface area contributed by atoms with Crippen LogP contribution in [0, 0.1) is 10.1 Å². The fraction of sp³-hybridized carbons (Fsp3) is 0.385. The highest BCUT2D eigenvalue weighted by Crippen LogP contribution is 2.35. The standard InChI is InChI=1S/C13H15N3O5/c1-3-13(11(17)14-12(18)15-13)8-5-6-10(21-4-2)9(7-8)16(19)20/h5-7H,3-4H2,1-2H3,(H2,14,15,17,18). The smallest absolute Gasteiger partial charge is 0.322 e. The van der Waals surface area contributed by atoms with Gasteiger partial charge in [0.25, 0.3) is 5.91 Å². The Morgan fingerprint density at radius 2 is 2.05 bits per heavy atom. The second kappa shape index (κ2) is 5.39. The van der Waals surface area contributed by atoms with Crippen LogP contribution < -0.4 is 15.4 Å². The summed E-state index contributed by atoms with van der Waals surface area (Å²) in [6.45, 7) is 3.72. The van der Waals surface area contributed by atoms with E-state index >= 15 is 0 Å². The highest BCUT2D eigenvalue weighted by Gasteiger charge is 2.46. The van der Waals surface area contributed by atoms with Gasteiger partial charge in [0, 0.05) is 6.07 Å². The van der Waals surface area contributed by atoms with Crippen LogP contribution in [-0.4, -0.2) is 23.5 Å². The molecular formula is C13H15N3O5. The van der Waals surface area contributed by atoms with Gasteiger partial charge in [-0.2, -0.15) is 0 Å². The van der Waals surface area contributed by atoms with Crippen LogP contribution >= 0.6 is 0 Å². The van der Waals surface area contributed by atoms with E-state index in [1.807, 2.05) is 0 Å². The van der Waals surface area contributed by atoms with Crippen molar-refractivity contribution in [3.63, 3.8) is 0 Å². The van der Waals surface area contributed by atoms with Gasteiger partial charge in [-0.25, -0.2) is 4.79 Å². The van der Waals surface area contributed by atoms with Gasteiger partial charge in [0.1, 0.15) is 5.54 Å². The Hall–Kier alpha value is -2.64. The van der Waals surface area contributed by atoms with Crippen molar-refractivity contribution in [1.29, 1.82) is 0 Å². The summed E-state index contributed by atoms with van der Waals surface area (Å²) in [6, 6.07) is 3.64. The summed E-state index contributed by atoms with van der Waals surface area (Å²) in [4.78, 5) is 34.0. The molecule has 0 spiro atoms. The van der Waals surface area contributed by atoms with E-state index in [9.17, 15) is 19.7 Å². The van der Waals surface area contributed by atoms with Crippen molar-refractivity contribution in [3.8, 4) is 5.75 Å². The third kappa shape index (κ3) is 2.39. The molecule has 0 saturated carbocycles. The van der Waals surface area contributed by atoms with Gasteiger partial charge in [0.15, 0.2) is 5.75 Å². The average Bonchev–Trinajstić information content (AvgIpc) is 2.74. The first kappa shape index (κ1) is 14.8. The van der Waals surface area contributed by atoms with Crippen molar-refractivity contribution in [2.24, 2.45) is 0 Å². The van der Waals surface area contributed by atoms with E-state index in [2.05, 4.69) is 10.6 Å². The molecule has 1 unspecified atom stereocenters. The van der Waals surface area contributed by atoms with Gasteiger partial charge in [0.2, 0.25) is 0 Å². The van der Waals surface area contributed by atoms with Crippen LogP contribution in [0.4, 0.5) is 10.5 Å². The van der Waals surface area contributed by atoms with Gasteiger partial charge >= 0.3 is 11.7 Å². The third-order valence-corrected chi connectivity index (χ3v) is 3.42. The quantitative estimate of drug-likeness (QED) is 0.485. The number of urea groups is 1. The number of amides is 3. The summed E-state index contributed by atoms with van der Waals surface area (Å²) in [5.41, 5.74) is -1.17. The third-order valence-electron chi connectivity index (χ3n) is 3.42. The number of nitrogens with one attached hydrogen (secondary N) is 2. The van der Waals surface area contributed by atoms with E-state index in [4.69, 9.17) is 4.74 Å². The first-order valence-electron chi connectivity index (χ1n) is 6.50. The Balaban J connectivity index is 2.53. The second-order valence-corrected chi connectivity index (χ2v) is 4.54. The molecule has 1 aromatic carbocycles. The van der Waals surface area contributed by atoms with Crippen molar-refractivity contribution in [2.45, 2.75) is 25.8 Å². The van der Waals surface area contributed by atoms with Gasteiger partial charge in [-0.3, -0.25) is 20.2 Å². The maximum Gasteiger partial charge on any atom is 0.322 e. The molecule has 112 valence electrons. The molecular weight excluding hydrogens is 278 g/mol. The van der Waals surface area contributed by atoms with Gasteiger partial charge < -0.3 is 10.1 Å². The molecule has 2 rings (SSSR count). The Morgan fingerprint density at radius 3 is 2.52 bits per heavy atom. The predicted molar refractivity (Wildman–Crippen MR) is 72.9 cm³/mol. The molecule has 1 saturated heterocycles. The monoisotopic (exact) mass is 293 g/mol. The van der Waals surface area contributed by atoms with Gasteiger partial charge in [-0.05, 0) is 25.0 Å². The second-order valence-electron chi connectivity index (χ2n) is 4.54. The molecule has 0 radical (unpaired) electrons. The van der Waals surface area contributed by atoms with Crippen LogP contribution in [0.3, 0.4) is 0 Å². The normalized spacial score (nSPS) is 20.9. The van der Waals surface area contributed by atoms with E-state index < -0.39 is 22.4 Å². The van der Waals surface area contributed by atoms with Crippen LogP contribution in [0.15, 0.2) is 18.2 Å². The minimum Gasteiger partial charge on any atom is -0.487 e. The number of nitro groups is 1. The van der Waals surface area contributed by atoms with E-state index in [-0.39, 0.29) is 24.5 Å². The van der Waals surface area contributed by atoms with Crippen molar-refractivity contribution in [1.82, 2.24) is 10.6 Å². The van der Waals surface area contributed by atoms with Crippen LogP contribution in [0.5, 0.6) is 5.75 Å². The van der Waals surface area contributed by atoms with Crippen LogP contribution in [0.2, 0.25) is 0 Å². The lowest BCUT2D eigenvalue weighted by Crippen LogP contribution is -2.43. The number of rotatable bonds is 5. The molecule has 21 heavy (non-hydrogen) atoms. The van der Waals surface area contributed by atoms with Crippen LogP contribution in [0.25, 0.3) is 0 Å². The maximum atomic E-state index is 12.0. The number of hydrogen-bond donors (Lipinski definition) is 2. The molecule has 0 aromatic heterocycles. The van der Waals surface area contributed by atoms with Crippen molar-refractivity contribution >= 4 is 17.6 Å². The predicted octanol–water partition coefficient (Wildman–Crippen LogP) is 1.44. The van der Waals surface area contributed by atoms with Crippen LogP contribution in [0.1, 0.15) is 25.8 Å². The number of benzene rings is 1. The molecule has 0 aliphatic carbocycles. The fourth-order valence-corrected chi connectivity index (χ4v) is 2.35. The first-order chi connectivity index (χ1) is 9.94. The molecule has 1 aliphatic heterocycles. The minimum atomic E-state index is -1.29. The SMILES string of the molecule is CCOc1ccc(C2(CC)NC(=O)NC2=O)cc1[N+](=O)[O-]. The highest BCUT2D eigenvalue weighted by atomic mass is 16.6. The van der Waals surface area contributed by atoms with E-state index in [1.54, 1.807) is 19.9 Å². The molecule has 0 bridgehead atoms. The topological polar surface area (TPSA) is 111 Å². The number of carbonyl (C=O) groups excluding carboxylic acids is 2. The Labute approximate surface area is 120 Å². The number of ether oxygens (including phenoxy) is 1. The maximum absolute atomic E-state index is 12.0. The number of nitro benzene ring substituents is 1. The van der Waals surface area contributed by atoms with Gasteiger partial charge in [-0.1, -0.05) is 13.0 Å². The van der Waals surface area contributed by atoms with E-state index in [0.29, 0.717) is 5.56 Å². The van der Waals surface area contributed by atoms with Gasteiger partial charge in [0.05, 0.1) is 11.5 Å². The summed E-state index contributed by atoms with van der Waals surface area (Å²) < 4.78 is 5.20. The van der Waals surface area contributed by atoms with Crippen molar-refractivity contribution in [2.75, 3.05) is 6.61 Å². The van der Waals surface area contributed by atoms with Crippen LogP contribution in [-0.2, 0) is 10.3 Å². The zero-order chi connectivity index (χ0) is 15.6. The Kier molecular flexibility index (Phi) is 3.79. The molecule has 2 N–H and O–H groups in total. The zero-order valence-electron chi connectivity index (χ0n) is 11.6. The lowest BCUT2D eigenvalue weighted by Gasteiger charge is -2.24. The highest BCUT2D eigenvalue weighted by molar-refractivity contribution is 6.07. The first-order valence-corrected chi connectivity index (χ1v) is 6.50. The lowest BCUT2D eigenvalue weighted by atomic mass is 9.87. The summed E-state index contributed by atoms with van der Waals surface area (Å²) in [6.07, 6.45) is 0.274. The summed E-state index contributed by atoms with van der Waals surface area (Å²) in [5, 5.41) is 15.8. The largest absolute Gasteiger partial charge is 0.487 e. The summed E-state index contributed by atoms with van der Waals surface area (Å²) >= 11 is 0. The number of imide groups is 1. The molecule has 1 fully saturated rings. The molecule has 1 aromatic rings. The Morgan fingerprint density at radius 1 is 1.33 bits per heavy atom. The average molecular weight is 293 g/mol. The van der Waals surface area contributed by atoms with Gasteiger partial charge in [-0.15, -0.1) is 0 Å². The molecule has 1 aliphatic rings. The fourth-order valence-electron chi connectivity index (χ4n) is 2.35. The number of hydrogen-bond acceptors (Lipinski definition) is 5. The molecule has 8 heteroatoms. The molecule has 8 nitrogen and oxygen atoms in total. The molecule has 1 atom stereocenters. The molecule has 1 heterocycles. The number of nitrogens with zero attached hydrogens (tertiary/aromatic N) is 1. The zero-order valence-corrected chi connectivity index (χ0v) is 11.6. The number of carbonyl (C=O) groups is 2. The van der Waals surface area contributed by atoms with Crippen molar-refractivity contribution in [3.05, 3.63) is 33.9 Å². The molecule has 3 amide bonds. The van der Waals surface area contributed by atoms with E-state index in [1.165, 1.54) is 12.1 Å². The summed E-state index contributed by atoms with van der Waals surface area (Å²) in [7, 11) is 0. The lowest BCUT2D eigenvalue weighted by molar-refractivity contribution is -0.385. The van der Waals surface area contributed by atoms with E-state index in [0.717, 1.165) is 0 Å². The van der Waals surface area contributed by atoms with Crippen molar-refractivity contribution < 1.29 is 19.2 Å². The minimum absolute atomic E-state index is 0.127. The summed E-state index contributed by atoms with van der Waals surface area (Å²) in [5.74, 6) is -0.393.